The first-order chi connectivity index (χ1) is 4.91. The third-order valence-corrected chi connectivity index (χ3v) is 1.17. The molecule has 0 aliphatic heterocycles. The van der Waals surface area contributed by atoms with Gasteiger partial charge in [-0.05, 0) is 19.4 Å². The summed E-state index contributed by atoms with van der Waals surface area (Å²) in [6, 6.07) is 0. The van der Waals surface area contributed by atoms with Crippen molar-refractivity contribution >= 4 is 6.41 Å². The van der Waals surface area contributed by atoms with E-state index in [1.54, 1.807) is 0 Å². The Morgan fingerprint density at radius 1 is 1.30 bits per heavy atom. The van der Waals surface area contributed by atoms with E-state index in [2.05, 4.69) is 10.9 Å². The highest BCUT2D eigenvalue weighted by Gasteiger charge is 1.85. The predicted molar refractivity (Wildman–Crippen MR) is 40.1 cm³/mol. The molecule has 0 atom stereocenters. The molecule has 60 valence electrons. The molecule has 0 saturated carbocycles. The van der Waals surface area contributed by atoms with Gasteiger partial charge in [0, 0.05) is 6.54 Å². The molecule has 0 fully saturated rings. The van der Waals surface area contributed by atoms with Gasteiger partial charge in [-0.3, -0.25) is 10.2 Å². The zero-order valence-electron chi connectivity index (χ0n) is 6.10. The second-order valence-corrected chi connectivity index (χ2v) is 2.04. The lowest BCUT2D eigenvalue weighted by Crippen LogP contribution is -2.30. The van der Waals surface area contributed by atoms with Crippen molar-refractivity contribution in [3.05, 3.63) is 0 Å². The van der Waals surface area contributed by atoms with E-state index in [1.807, 2.05) is 0 Å². The van der Waals surface area contributed by atoms with E-state index >= 15 is 0 Å². The van der Waals surface area contributed by atoms with Crippen LogP contribution in [0.3, 0.4) is 0 Å². The molecular formula is C6H15N3O. The maximum atomic E-state index is 9.70. The Hall–Kier alpha value is -0.610. The lowest BCUT2D eigenvalue weighted by Gasteiger charge is -2.00. The molecule has 4 N–H and O–H groups in total. The van der Waals surface area contributed by atoms with Gasteiger partial charge in [0.05, 0.1) is 0 Å². The molecule has 0 radical (unpaired) electrons. The average molecular weight is 145 g/mol. The van der Waals surface area contributed by atoms with Crippen LogP contribution in [-0.2, 0) is 4.79 Å². The van der Waals surface area contributed by atoms with Gasteiger partial charge in [-0.1, -0.05) is 6.42 Å². The molecule has 0 aliphatic carbocycles. The van der Waals surface area contributed by atoms with Gasteiger partial charge in [0.1, 0.15) is 0 Å². The fraction of sp³-hybridized carbons (Fsp3) is 0.833. The molecule has 0 unspecified atom stereocenters. The van der Waals surface area contributed by atoms with Crippen LogP contribution < -0.4 is 16.6 Å². The number of hydrazine groups is 1. The van der Waals surface area contributed by atoms with Crippen LogP contribution in [0.1, 0.15) is 19.3 Å². The molecule has 0 aromatic rings. The van der Waals surface area contributed by atoms with Crippen molar-refractivity contribution in [2.75, 3.05) is 13.1 Å². The minimum absolute atomic E-state index is 0.628. The van der Waals surface area contributed by atoms with Gasteiger partial charge in [-0.15, -0.1) is 0 Å². The fourth-order valence-corrected chi connectivity index (χ4v) is 0.648. The van der Waals surface area contributed by atoms with E-state index in [9.17, 15) is 4.79 Å². The van der Waals surface area contributed by atoms with E-state index in [4.69, 9.17) is 5.73 Å². The molecule has 0 saturated heterocycles. The molecule has 4 nitrogen and oxygen atoms in total. The van der Waals surface area contributed by atoms with E-state index in [0.717, 1.165) is 32.4 Å². The summed E-state index contributed by atoms with van der Waals surface area (Å²) in [6.07, 6.45) is 3.85. The summed E-state index contributed by atoms with van der Waals surface area (Å²) in [6.45, 7) is 1.57. The number of carbonyl (C=O) groups excluding carboxylic acids is 1. The van der Waals surface area contributed by atoms with Crippen molar-refractivity contribution in [2.45, 2.75) is 19.3 Å². The Bertz CT molecular complexity index is 77.4. The minimum Gasteiger partial charge on any atom is -0.330 e. The van der Waals surface area contributed by atoms with Crippen LogP contribution in [0.25, 0.3) is 0 Å². The molecule has 0 aliphatic rings. The summed E-state index contributed by atoms with van der Waals surface area (Å²) in [5.41, 5.74) is 10.4. The smallest absolute Gasteiger partial charge is 0.221 e. The van der Waals surface area contributed by atoms with Crippen molar-refractivity contribution in [1.82, 2.24) is 10.9 Å². The summed E-state index contributed by atoms with van der Waals surface area (Å²) in [4.78, 5) is 9.70. The summed E-state index contributed by atoms with van der Waals surface area (Å²) < 4.78 is 0. The highest BCUT2D eigenvalue weighted by Crippen LogP contribution is 1.89. The number of unbranched alkanes of at least 4 members (excludes halogenated alkanes) is 2. The van der Waals surface area contributed by atoms with Crippen molar-refractivity contribution in [2.24, 2.45) is 5.73 Å². The monoisotopic (exact) mass is 145 g/mol. The Morgan fingerprint density at radius 2 is 2.10 bits per heavy atom. The number of nitrogens with two attached hydrogens (primary N) is 1. The summed E-state index contributed by atoms with van der Waals surface area (Å²) >= 11 is 0. The number of carbonyl (C=O) groups is 1. The molecule has 0 spiro atoms. The number of nitrogens with one attached hydrogen (secondary N) is 2. The first kappa shape index (κ1) is 9.39. The maximum Gasteiger partial charge on any atom is 0.221 e. The standard InChI is InChI=1S/C6H15N3O/c7-4-2-1-3-5-8-9-6-10/h6,8H,1-5,7H2,(H,9,10). The van der Waals surface area contributed by atoms with Gasteiger partial charge in [-0.2, -0.15) is 0 Å². The lowest BCUT2D eigenvalue weighted by molar-refractivity contribution is -0.110. The van der Waals surface area contributed by atoms with Crippen LogP contribution in [0.15, 0.2) is 0 Å². The van der Waals surface area contributed by atoms with Crippen LogP contribution in [0.2, 0.25) is 0 Å². The van der Waals surface area contributed by atoms with Gasteiger partial charge in [0.2, 0.25) is 6.41 Å². The van der Waals surface area contributed by atoms with Crippen LogP contribution >= 0.6 is 0 Å². The van der Waals surface area contributed by atoms with Crippen molar-refractivity contribution < 1.29 is 4.79 Å². The molecule has 0 aromatic carbocycles. The quantitative estimate of drug-likeness (QED) is 0.254. The highest BCUT2D eigenvalue weighted by atomic mass is 16.1. The third kappa shape index (κ3) is 7.39. The average Bonchev–Trinajstić information content (AvgIpc) is 1.97. The topological polar surface area (TPSA) is 67.2 Å². The van der Waals surface area contributed by atoms with E-state index in [1.165, 1.54) is 0 Å². The van der Waals surface area contributed by atoms with Crippen molar-refractivity contribution in [3.63, 3.8) is 0 Å². The zero-order chi connectivity index (χ0) is 7.66. The van der Waals surface area contributed by atoms with E-state index in [0.29, 0.717) is 6.41 Å². The normalized spacial score (nSPS) is 9.30. The van der Waals surface area contributed by atoms with Crippen LogP contribution in [0, 0.1) is 0 Å². The number of rotatable bonds is 7. The molecule has 1 amide bonds. The Balaban J connectivity index is 2.70. The highest BCUT2D eigenvalue weighted by molar-refractivity contribution is 5.44. The Morgan fingerprint density at radius 3 is 2.70 bits per heavy atom. The summed E-state index contributed by atoms with van der Waals surface area (Å²) in [5.74, 6) is 0. The lowest BCUT2D eigenvalue weighted by atomic mass is 10.2. The number of hydrogen-bond acceptors (Lipinski definition) is 3. The van der Waals surface area contributed by atoms with Crippen molar-refractivity contribution in [3.8, 4) is 0 Å². The molecule has 0 bridgehead atoms. The van der Waals surface area contributed by atoms with E-state index in [-0.39, 0.29) is 0 Å². The second-order valence-electron chi connectivity index (χ2n) is 2.04. The number of amides is 1. The molecule has 0 rings (SSSR count). The van der Waals surface area contributed by atoms with Gasteiger partial charge < -0.3 is 5.73 Å². The molecular weight excluding hydrogens is 130 g/mol. The van der Waals surface area contributed by atoms with Gasteiger partial charge in [-0.25, -0.2) is 5.43 Å². The predicted octanol–water partition coefficient (Wildman–Crippen LogP) is -0.634. The molecule has 10 heavy (non-hydrogen) atoms. The maximum absolute atomic E-state index is 9.70. The van der Waals surface area contributed by atoms with E-state index < -0.39 is 0 Å². The van der Waals surface area contributed by atoms with Gasteiger partial charge >= 0.3 is 0 Å². The first-order valence-electron chi connectivity index (χ1n) is 3.54. The largest absolute Gasteiger partial charge is 0.330 e. The van der Waals surface area contributed by atoms with Gasteiger partial charge in [0.25, 0.3) is 0 Å². The van der Waals surface area contributed by atoms with Crippen LogP contribution in [-0.4, -0.2) is 19.5 Å². The zero-order valence-corrected chi connectivity index (χ0v) is 6.10. The molecule has 0 aromatic heterocycles. The second kappa shape index (κ2) is 8.39. The Labute approximate surface area is 61.1 Å². The van der Waals surface area contributed by atoms with Crippen molar-refractivity contribution in [1.29, 1.82) is 0 Å². The first-order valence-corrected chi connectivity index (χ1v) is 3.54. The minimum atomic E-state index is 0.628. The molecule has 4 heteroatoms. The number of hydrogen-bond donors (Lipinski definition) is 3. The van der Waals surface area contributed by atoms with Gasteiger partial charge in [0.15, 0.2) is 0 Å². The Kier molecular flexibility index (Phi) is 7.88. The van der Waals surface area contributed by atoms with Crippen LogP contribution in [0.5, 0.6) is 0 Å². The molecule has 0 heterocycles. The fourth-order valence-electron chi connectivity index (χ4n) is 0.648. The SMILES string of the molecule is NCCCCCNNC=O. The van der Waals surface area contributed by atoms with Crippen LogP contribution in [0.4, 0.5) is 0 Å². The summed E-state index contributed by atoms with van der Waals surface area (Å²) in [5, 5.41) is 0. The summed E-state index contributed by atoms with van der Waals surface area (Å²) in [7, 11) is 0. The third-order valence-electron chi connectivity index (χ3n) is 1.17.